The number of esters is 1. The van der Waals surface area contributed by atoms with E-state index in [-0.39, 0.29) is 16.6 Å². The molecular weight excluding hydrogens is 325 g/mol. The summed E-state index contributed by atoms with van der Waals surface area (Å²) >= 11 is 2.85. The molecule has 1 aromatic carbocycles. The zero-order valence-electron chi connectivity index (χ0n) is 10.2. The van der Waals surface area contributed by atoms with Crippen LogP contribution in [0, 0.1) is 15.9 Å². The van der Waals surface area contributed by atoms with Gasteiger partial charge in [-0.1, -0.05) is 6.92 Å². The maximum Gasteiger partial charge on any atom is 0.347 e. The van der Waals surface area contributed by atoms with E-state index in [9.17, 15) is 19.3 Å². The summed E-state index contributed by atoms with van der Waals surface area (Å²) in [5.74, 6) is -2.05. The van der Waals surface area contributed by atoms with Crippen LogP contribution in [-0.2, 0) is 9.53 Å². The Balaban J connectivity index is 3.17. The van der Waals surface area contributed by atoms with Gasteiger partial charge in [0.2, 0.25) is 11.6 Å². The van der Waals surface area contributed by atoms with Gasteiger partial charge in [-0.05, 0) is 34.5 Å². The standard InChI is InChI=1S/C11H11BrFNO5/c1-3-7(11(15)18-2)19-8-5-4-6(12)9(13)10(8)14(16)17/h4-5,7H,3H2,1-2H3. The zero-order valence-corrected chi connectivity index (χ0v) is 11.8. The summed E-state index contributed by atoms with van der Waals surface area (Å²) in [5, 5.41) is 10.9. The summed E-state index contributed by atoms with van der Waals surface area (Å²) < 4.78 is 23.3. The third-order valence-electron chi connectivity index (χ3n) is 2.32. The first kappa shape index (κ1) is 15.4. The molecule has 0 heterocycles. The van der Waals surface area contributed by atoms with Crippen molar-refractivity contribution in [1.82, 2.24) is 0 Å². The summed E-state index contributed by atoms with van der Waals surface area (Å²) in [7, 11) is 1.17. The minimum atomic E-state index is -1.05. The summed E-state index contributed by atoms with van der Waals surface area (Å²) in [5.41, 5.74) is -0.822. The lowest BCUT2D eigenvalue weighted by molar-refractivity contribution is -0.388. The molecule has 0 N–H and O–H groups in total. The normalized spacial score (nSPS) is 11.8. The number of nitrogens with zero attached hydrogens (tertiary/aromatic N) is 1. The molecule has 1 aromatic rings. The fourth-order valence-corrected chi connectivity index (χ4v) is 1.69. The number of methoxy groups -OCH3 is 1. The van der Waals surface area contributed by atoms with Crippen LogP contribution in [0.5, 0.6) is 5.75 Å². The number of nitro benzene ring substituents is 1. The molecule has 6 nitrogen and oxygen atoms in total. The van der Waals surface area contributed by atoms with Gasteiger partial charge in [0.05, 0.1) is 16.5 Å². The molecule has 0 bridgehead atoms. The van der Waals surface area contributed by atoms with Crippen molar-refractivity contribution >= 4 is 27.6 Å². The van der Waals surface area contributed by atoms with Crippen molar-refractivity contribution in [2.45, 2.75) is 19.4 Å². The third kappa shape index (κ3) is 3.40. The van der Waals surface area contributed by atoms with E-state index < -0.39 is 28.5 Å². The number of hydrogen-bond acceptors (Lipinski definition) is 5. The molecule has 0 fully saturated rings. The number of hydrogen-bond donors (Lipinski definition) is 0. The van der Waals surface area contributed by atoms with Crippen LogP contribution >= 0.6 is 15.9 Å². The average Bonchev–Trinajstić information content (AvgIpc) is 2.38. The maximum atomic E-state index is 13.7. The number of ether oxygens (including phenoxy) is 2. The lowest BCUT2D eigenvalue weighted by Gasteiger charge is -2.15. The zero-order chi connectivity index (χ0) is 14.6. The summed E-state index contributed by atoms with van der Waals surface area (Å²) in [6, 6.07) is 2.48. The number of carbonyl (C=O) groups is 1. The van der Waals surface area contributed by atoms with Gasteiger partial charge in [0.1, 0.15) is 0 Å². The Bertz CT molecular complexity index is 508. The lowest BCUT2D eigenvalue weighted by atomic mass is 10.2. The highest BCUT2D eigenvalue weighted by atomic mass is 79.9. The van der Waals surface area contributed by atoms with Gasteiger partial charge in [0.25, 0.3) is 0 Å². The van der Waals surface area contributed by atoms with Crippen molar-refractivity contribution in [3.05, 3.63) is 32.5 Å². The minimum Gasteiger partial charge on any atom is -0.471 e. The first-order chi connectivity index (χ1) is 8.92. The van der Waals surface area contributed by atoms with Gasteiger partial charge in [-0.15, -0.1) is 0 Å². The van der Waals surface area contributed by atoms with Gasteiger partial charge in [-0.25, -0.2) is 4.79 Å². The SMILES string of the molecule is CCC(Oc1ccc(Br)c(F)c1[N+](=O)[O-])C(=O)OC. The van der Waals surface area contributed by atoms with E-state index in [0.717, 1.165) is 0 Å². The second-order valence-electron chi connectivity index (χ2n) is 3.50. The highest BCUT2D eigenvalue weighted by molar-refractivity contribution is 9.10. The van der Waals surface area contributed by atoms with Crippen LogP contribution in [0.15, 0.2) is 16.6 Å². The van der Waals surface area contributed by atoms with Gasteiger partial charge in [0.15, 0.2) is 6.10 Å². The highest BCUT2D eigenvalue weighted by Gasteiger charge is 2.28. The van der Waals surface area contributed by atoms with Crippen molar-refractivity contribution in [3.8, 4) is 5.75 Å². The molecule has 1 atom stereocenters. The predicted octanol–water partition coefficient (Wildman–Crippen LogP) is 2.83. The monoisotopic (exact) mass is 335 g/mol. The van der Waals surface area contributed by atoms with Crippen molar-refractivity contribution in [3.63, 3.8) is 0 Å². The maximum absolute atomic E-state index is 13.7. The first-order valence-electron chi connectivity index (χ1n) is 5.29. The summed E-state index contributed by atoms with van der Waals surface area (Å²) in [6.45, 7) is 1.64. The molecule has 0 aliphatic rings. The lowest BCUT2D eigenvalue weighted by Crippen LogP contribution is -2.28. The fraction of sp³-hybridized carbons (Fsp3) is 0.364. The van der Waals surface area contributed by atoms with Crippen LogP contribution in [0.4, 0.5) is 10.1 Å². The smallest absolute Gasteiger partial charge is 0.347 e. The summed E-state index contributed by atoms with van der Waals surface area (Å²) in [6.07, 6.45) is -0.786. The molecule has 0 aliphatic heterocycles. The molecule has 0 aliphatic carbocycles. The van der Waals surface area contributed by atoms with Crippen LogP contribution < -0.4 is 4.74 Å². The first-order valence-corrected chi connectivity index (χ1v) is 6.08. The highest BCUT2D eigenvalue weighted by Crippen LogP contribution is 2.35. The van der Waals surface area contributed by atoms with Crippen LogP contribution in [0.1, 0.15) is 13.3 Å². The van der Waals surface area contributed by atoms with E-state index in [1.807, 2.05) is 0 Å². The Morgan fingerprint density at radius 3 is 2.68 bits per heavy atom. The molecule has 0 saturated heterocycles. The Morgan fingerprint density at radius 2 is 2.21 bits per heavy atom. The topological polar surface area (TPSA) is 78.7 Å². The quantitative estimate of drug-likeness (QED) is 0.469. The molecule has 104 valence electrons. The van der Waals surface area contributed by atoms with Crippen molar-refractivity contribution in [2.75, 3.05) is 7.11 Å². The molecule has 0 saturated carbocycles. The molecule has 1 rings (SSSR count). The number of nitro groups is 1. The van der Waals surface area contributed by atoms with E-state index in [4.69, 9.17) is 4.74 Å². The third-order valence-corrected chi connectivity index (χ3v) is 2.93. The molecule has 19 heavy (non-hydrogen) atoms. The molecule has 8 heteroatoms. The second-order valence-corrected chi connectivity index (χ2v) is 4.36. The van der Waals surface area contributed by atoms with Crippen LogP contribution in [-0.4, -0.2) is 24.1 Å². The molecule has 0 amide bonds. The van der Waals surface area contributed by atoms with E-state index in [1.165, 1.54) is 19.2 Å². The Labute approximate surface area is 116 Å². The number of benzene rings is 1. The Morgan fingerprint density at radius 1 is 1.58 bits per heavy atom. The van der Waals surface area contributed by atoms with Gasteiger partial charge in [-0.2, -0.15) is 4.39 Å². The largest absolute Gasteiger partial charge is 0.471 e. The van der Waals surface area contributed by atoms with Crippen molar-refractivity contribution in [1.29, 1.82) is 0 Å². The minimum absolute atomic E-state index is 0.0577. The van der Waals surface area contributed by atoms with Crippen LogP contribution in [0.3, 0.4) is 0 Å². The molecule has 0 spiro atoms. The average molecular weight is 336 g/mol. The molecular formula is C11H11BrFNO5. The van der Waals surface area contributed by atoms with Crippen LogP contribution in [0.25, 0.3) is 0 Å². The number of rotatable bonds is 5. The van der Waals surface area contributed by atoms with E-state index in [2.05, 4.69) is 20.7 Å². The summed E-state index contributed by atoms with van der Waals surface area (Å²) in [4.78, 5) is 21.3. The van der Waals surface area contributed by atoms with Crippen LogP contribution in [0.2, 0.25) is 0 Å². The number of carbonyl (C=O) groups excluding carboxylic acids is 1. The molecule has 1 unspecified atom stereocenters. The van der Waals surface area contributed by atoms with Gasteiger partial charge in [0, 0.05) is 0 Å². The Hall–Kier alpha value is -1.70. The fourth-order valence-electron chi connectivity index (χ4n) is 1.37. The predicted molar refractivity (Wildman–Crippen MR) is 67.5 cm³/mol. The van der Waals surface area contributed by atoms with E-state index in [0.29, 0.717) is 0 Å². The van der Waals surface area contributed by atoms with Gasteiger partial charge >= 0.3 is 11.7 Å². The molecule has 0 radical (unpaired) electrons. The van der Waals surface area contributed by atoms with Gasteiger partial charge < -0.3 is 9.47 Å². The van der Waals surface area contributed by atoms with Crippen molar-refractivity contribution in [2.24, 2.45) is 0 Å². The van der Waals surface area contributed by atoms with E-state index in [1.54, 1.807) is 6.92 Å². The molecule has 0 aromatic heterocycles. The van der Waals surface area contributed by atoms with E-state index >= 15 is 0 Å². The number of halogens is 2. The Kier molecular flexibility index (Phi) is 5.22. The second kappa shape index (κ2) is 6.46. The van der Waals surface area contributed by atoms with Gasteiger partial charge in [-0.3, -0.25) is 10.1 Å². The van der Waals surface area contributed by atoms with Crippen molar-refractivity contribution < 1.29 is 23.6 Å².